The predicted molar refractivity (Wildman–Crippen MR) is 70.3 cm³/mol. The lowest BCUT2D eigenvalue weighted by atomic mass is 10.0. The van der Waals surface area contributed by atoms with Crippen LogP contribution < -0.4 is 5.32 Å². The molecule has 4 heteroatoms. The van der Waals surface area contributed by atoms with E-state index >= 15 is 0 Å². The number of hydrogen-bond donors (Lipinski definition) is 3. The molecule has 0 aliphatic carbocycles. The van der Waals surface area contributed by atoms with Gasteiger partial charge in [-0.25, -0.2) is 0 Å². The van der Waals surface area contributed by atoms with Gasteiger partial charge in [0.15, 0.2) is 0 Å². The van der Waals surface area contributed by atoms with Gasteiger partial charge < -0.3 is 15.5 Å². The molecule has 0 radical (unpaired) electrons. The second-order valence-electron chi connectivity index (χ2n) is 4.80. The van der Waals surface area contributed by atoms with Gasteiger partial charge in [0.25, 0.3) is 0 Å². The van der Waals surface area contributed by atoms with E-state index < -0.39 is 0 Å². The van der Waals surface area contributed by atoms with Crippen molar-refractivity contribution in [3.63, 3.8) is 0 Å². The molecular weight excluding hydrogens is 230 g/mol. The quantitative estimate of drug-likeness (QED) is 0.717. The fraction of sp³-hybridized carbons (Fsp3) is 0.500. The fourth-order valence-corrected chi connectivity index (χ4v) is 1.61. The van der Waals surface area contributed by atoms with E-state index in [4.69, 9.17) is 0 Å². The number of benzene rings is 1. The maximum absolute atomic E-state index is 11.6. The number of nitrogens with one attached hydrogen (secondary N) is 1. The van der Waals surface area contributed by atoms with Gasteiger partial charge in [0.2, 0.25) is 5.91 Å². The topological polar surface area (TPSA) is 69.6 Å². The predicted octanol–water partition coefficient (Wildman–Crippen LogP) is 1.46. The number of rotatable bonds is 6. The lowest BCUT2D eigenvalue weighted by Gasteiger charge is -2.14. The molecule has 1 atom stereocenters. The summed E-state index contributed by atoms with van der Waals surface area (Å²) >= 11 is 0. The Morgan fingerprint density at radius 2 is 2.11 bits per heavy atom. The molecule has 0 aromatic heterocycles. The first-order valence-electron chi connectivity index (χ1n) is 6.21. The molecular formula is C14H21NO3. The third-order valence-electron chi connectivity index (χ3n) is 2.81. The summed E-state index contributed by atoms with van der Waals surface area (Å²) in [7, 11) is 0. The zero-order chi connectivity index (χ0) is 13.5. The van der Waals surface area contributed by atoms with Crippen molar-refractivity contribution in [1.82, 2.24) is 5.32 Å². The highest BCUT2D eigenvalue weighted by molar-refractivity contribution is 5.78. The van der Waals surface area contributed by atoms with Crippen molar-refractivity contribution in [1.29, 1.82) is 0 Å². The number of phenols is 1. The van der Waals surface area contributed by atoms with Crippen LogP contribution in [0.3, 0.4) is 0 Å². The Balaban J connectivity index is 2.30. The molecule has 0 unspecified atom stereocenters. The van der Waals surface area contributed by atoms with E-state index in [0.29, 0.717) is 13.0 Å². The van der Waals surface area contributed by atoms with Crippen molar-refractivity contribution in [3.05, 3.63) is 29.8 Å². The van der Waals surface area contributed by atoms with E-state index in [1.807, 2.05) is 13.8 Å². The second-order valence-corrected chi connectivity index (χ2v) is 4.80. The Labute approximate surface area is 108 Å². The third-order valence-corrected chi connectivity index (χ3v) is 2.81. The molecule has 0 saturated carbocycles. The molecule has 0 fully saturated rings. The molecule has 1 amide bonds. The summed E-state index contributed by atoms with van der Waals surface area (Å²) in [6.45, 7) is 4.36. The van der Waals surface area contributed by atoms with Gasteiger partial charge in [-0.05, 0) is 30.0 Å². The molecule has 1 aromatic rings. The minimum Gasteiger partial charge on any atom is -0.508 e. The Kier molecular flexibility index (Phi) is 5.65. The normalized spacial score (nSPS) is 12.4. The Hall–Kier alpha value is -1.55. The van der Waals surface area contributed by atoms with Crippen LogP contribution in [-0.2, 0) is 11.2 Å². The molecule has 0 bridgehead atoms. The van der Waals surface area contributed by atoms with Crippen molar-refractivity contribution in [2.45, 2.75) is 32.8 Å². The number of aliphatic hydroxyl groups is 1. The molecule has 0 heterocycles. The molecule has 100 valence electrons. The maximum Gasteiger partial charge on any atom is 0.224 e. The zero-order valence-electron chi connectivity index (χ0n) is 10.9. The number of aliphatic hydroxyl groups excluding tert-OH is 1. The van der Waals surface area contributed by atoms with Gasteiger partial charge in [-0.1, -0.05) is 26.0 Å². The molecule has 0 aliphatic heterocycles. The van der Waals surface area contributed by atoms with E-state index in [9.17, 15) is 15.0 Å². The summed E-state index contributed by atoms with van der Waals surface area (Å²) in [6.07, 6.45) is 0.418. The van der Waals surface area contributed by atoms with Gasteiger partial charge in [-0.2, -0.15) is 0 Å². The monoisotopic (exact) mass is 251 g/mol. The summed E-state index contributed by atoms with van der Waals surface area (Å²) in [5.74, 6) is 0.264. The number of hydrogen-bond acceptors (Lipinski definition) is 3. The summed E-state index contributed by atoms with van der Waals surface area (Å²) < 4.78 is 0. The molecule has 1 aromatic carbocycles. The molecule has 4 nitrogen and oxygen atoms in total. The molecule has 0 aliphatic rings. The minimum absolute atomic E-state index is 0.100. The van der Waals surface area contributed by atoms with Crippen LogP contribution in [0.4, 0.5) is 0 Å². The highest BCUT2D eigenvalue weighted by Gasteiger charge is 2.09. The SMILES string of the molecule is CC(C)[C@@H](O)CCNC(=O)Cc1cccc(O)c1. The van der Waals surface area contributed by atoms with Gasteiger partial charge in [-0.15, -0.1) is 0 Å². The molecule has 1 rings (SSSR count). The summed E-state index contributed by atoms with van der Waals surface area (Å²) in [5, 5.41) is 21.6. The van der Waals surface area contributed by atoms with Crippen molar-refractivity contribution < 1.29 is 15.0 Å². The molecule has 0 saturated heterocycles. The second kappa shape index (κ2) is 7.01. The highest BCUT2D eigenvalue weighted by atomic mass is 16.3. The Morgan fingerprint density at radius 1 is 1.39 bits per heavy atom. The smallest absolute Gasteiger partial charge is 0.224 e. The highest BCUT2D eigenvalue weighted by Crippen LogP contribution is 2.11. The zero-order valence-corrected chi connectivity index (χ0v) is 10.9. The van der Waals surface area contributed by atoms with Gasteiger partial charge in [0.05, 0.1) is 12.5 Å². The van der Waals surface area contributed by atoms with E-state index in [0.717, 1.165) is 5.56 Å². The average molecular weight is 251 g/mol. The lowest BCUT2D eigenvalue weighted by Crippen LogP contribution is -2.29. The van der Waals surface area contributed by atoms with Crippen LogP contribution >= 0.6 is 0 Å². The van der Waals surface area contributed by atoms with E-state index in [1.54, 1.807) is 24.3 Å². The summed E-state index contributed by atoms with van der Waals surface area (Å²) in [6, 6.07) is 6.64. The van der Waals surface area contributed by atoms with Crippen molar-refractivity contribution >= 4 is 5.91 Å². The van der Waals surface area contributed by atoms with Gasteiger partial charge in [0, 0.05) is 6.54 Å². The number of carbonyl (C=O) groups is 1. The van der Waals surface area contributed by atoms with Crippen LogP contribution in [0.2, 0.25) is 0 Å². The van der Waals surface area contributed by atoms with Crippen LogP contribution in [0.15, 0.2) is 24.3 Å². The third kappa shape index (κ3) is 5.19. The van der Waals surface area contributed by atoms with E-state index in [-0.39, 0.29) is 30.1 Å². The summed E-state index contributed by atoms with van der Waals surface area (Å²) in [5.41, 5.74) is 0.775. The fourth-order valence-electron chi connectivity index (χ4n) is 1.61. The summed E-state index contributed by atoms with van der Waals surface area (Å²) in [4.78, 5) is 11.6. The standard InChI is InChI=1S/C14H21NO3/c1-10(2)13(17)6-7-15-14(18)9-11-4-3-5-12(16)8-11/h3-5,8,10,13,16-17H,6-7,9H2,1-2H3,(H,15,18)/t13-/m0/s1. The van der Waals surface area contributed by atoms with Crippen LogP contribution in [0.1, 0.15) is 25.8 Å². The Morgan fingerprint density at radius 3 is 2.72 bits per heavy atom. The van der Waals surface area contributed by atoms with Crippen LogP contribution in [-0.4, -0.2) is 28.8 Å². The number of aromatic hydroxyl groups is 1. The van der Waals surface area contributed by atoms with Crippen molar-refractivity contribution in [2.75, 3.05) is 6.54 Å². The molecule has 18 heavy (non-hydrogen) atoms. The lowest BCUT2D eigenvalue weighted by molar-refractivity contribution is -0.120. The van der Waals surface area contributed by atoms with Crippen LogP contribution in [0.25, 0.3) is 0 Å². The van der Waals surface area contributed by atoms with Gasteiger partial charge in [-0.3, -0.25) is 4.79 Å². The maximum atomic E-state index is 11.6. The molecule has 3 N–H and O–H groups in total. The van der Waals surface area contributed by atoms with Gasteiger partial charge in [0.1, 0.15) is 5.75 Å². The average Bonchev–Trinajstić information content (AvgIpc) is 2.28. The van der Waals surface area contributed by atoms with Crippen LogP contribution in [0, 0.1) is 5.92 Å². The first kappa shape index (κ1) is 14.5. The number of carbonyl (C=O) groups excluding carboxylic acids is 1. The van der Waals surface area contributed by atoms with Crippen LogP contribution in [0.5, 0.6) is 5.75 Å². The minimum atomic E-state index is -0.383. The first-order chi connectivity index (χ1) is 8.49. The van der Waals surface area contributed by atoms with E-state index in [1.165, 1.54) is 0 Å². The first-order valence-corrected chi connectivity index (χ1v) is 6.21. The number of amides is 1. The van der Waals surface area contributed by atoms with E-state index in [2.05, 4.69) is 5.32 Å². The largest absolute Gasteiger partial charge is 0.508 e. The van der Waals surface area contributed by atoms with Gasteiger partial charge >= 0.3 is 0 Å². The number of phenolic OH excluding ortho intramolecular Hbond substituents is 1. The Bertz CT molecular complexity index is 390. The van der Waals surface area contributed by atoms with Crippen molar-refractivity contribution in [3.8, 4) is 5.75 Å². The van der Waals surface area contributed by atoms with Crippen molar-refractivity contribution in [2.24, 2.45) is 5.92 Å². The molecule has 0 spiro atoms.